The van der Waals surface area contributed by atoms with Crippen molar-refractivity contribution >= 4 is 23.3 Å². The summed E-state index contributed by atoms with van der Waals surface area (Å²) in [5, 5.41) is 0.297. The smallest absolute Gasteiger partial charge is 0.340 e. The molecule has 0 bridgehead atoms. The predicted octanol–water partition coefficient (Wildman–Crippen LogP) is 3.84. The van der Waals surface area contributed by atoms with Crippen LogP contribution < -0.4 is 5.73 Å². The molecule has 2 N–H and O–H groups in total. The van der Waals surface area contributed by atoms with Crippen molar-refractivity contribution in [2.75, 3.05) is 5.73 Å². The van der Waals surface area contributed by atoms with Crippen LogP contribution in [0.2, 0.25) is 5.02 Å². The highest BCUT2D eigenvalue weighted by molar-refractivity contribution is 6.33. The zero-order valence-corrected chi connectivity index (χ0v) is 11.2. The molecule has 1 unspecified atom stereocenters. The predicted molar refractivity (Wildman–Crippen MR) is 76.1 cm³/mol. The fourth-order valence-electron chi connectivity index (χ4n) is 1.71. The van der Waals surface area contributed by atoms with Gasteiger partial charge in [-0.3, -0.25) is 0 Å². The maximum Gasteiger partial charge on any atom is 0.340 e. The Kier molecular flexibility index (Phi) is 4.07. The number of esters is 1. The zero-order chi connectivity index (χ0) is 13.8. The second-order valence-electron chi connectivity index (χ2n) is 4.20. The summed E-state index contributed by atoms with van der Waals surface area (Å²) in [5.41, 5.74) is 7.35. The number of rotatable bonds is 3. The third-order valence-electron chi connectivity index (χ3n) is 2.77. The van der Waals surface area contributed by atoms with Crippen LogP contribution in [0, 0.1) is 0 Å². The first-order chi connectivity index (χ1) is 9.08. The number of halogens is 1. The molecule has 0 aliphatic carbocycles. The van der Waals surface area contributed by atoms with Crippen molar-refractivity contribution in [1.29, 1.82) is 0 Å². The molecule has 1 atom stereocenters. The fourth-order valence-corrected chi connectivity index (χ4v) is 1.98. The Labute approximate surface area is 117 Å². The van der Waals surface area contributed by atoms with Crippen LogP contribution in [0.3, 0.4) is 0 Å². The summed E-state index contributed by atoms with van der Waals surface area (Å²) in [6, 6.07) is 14.2. The van der Waals surface area contributed by atoms with E-state index >= 15 is 0 Å². The van der Waals surface area contributed by atoms with Crippen LogP contribution in [0.4, 0.5) is 5.69 Å². The van der Waals surface area contributed by atoms with Gasteiger partial charge >= 0.3 is 5.97 Å². The molecule has 0 radical (unpaired) electrons. The Morgan fingerprint density at radius 2 is 1.89 bits per heavy atom. The lowest BCUT2D eigenvalue weighted by Crippen LogP contribution is -2.10. The number of carbonyl (C=O) groups is 1. The Hall–Kier alpha value is -2.00. The monoisotopic (exact) mass is 275 g/mol. The first kappa shape index (κ1) is 13.4. The van der Waals surface area contributed by atoms with Gasteiger partial charge in [0.25, 0.3) is 0 Å². The lowest BCUT2D eigenvalue weighted by molar-refractivity contribution is 0.0338. The quantitative estimate of drug-likeness (QED) is 0.684. The third-order valence-corrected chi connectivity index (χ3v) is 3.08. The van der Waals surface area contributed by atoms with E-state index in [1.165, 1.54) is 6.07 Å². The summed E-state index contributed by atoms with van der Waals surface area (Å²) in [6.45, 7) is 1.82. The van der Waals surface area contributed by atoms with Crippen molar-refractivity contribution in [3.8, 4) is 0 Å². The van der Waals surface area contributed by atoms with Crippen LogP contribution in [0.1, 0.15) is 28.9 Å². The molecule has 98 valence electrons. The molecular formula is C15H14ClNO2. The van der Waals surface area contributed by atoms with E-state index in [0.29, 0.717) is 16.3 Å². The number of ether oxygens (including phenoxy) is 1. The van der Waals surface area contributed by atoms with Gasteiger partial charge in [-0.15, -0.1) is 0 Å². The molecule has 0 aliphatic heterocycles. The van der Waals surface area contributed by atoms with E-state index in [4.69, 9.17) is 22.1 Å². The molecule has 0 aromatic heterocycles. The molecule has 2 aromatic carbocycles. The van der Waals surface area contributed by atoms with Gasteiger partial charge in [0.15, 0.2) is 0 Å². The molecule has 0 heterocycles. The van der Waals surface area contributed by atoms with Gasteiger partial charge < -0.3 is 10.5 Å². The molecule has 0 saturated carbocycles. The number of nitrogens with two attached hydrogens (primary N) is 1. The maximum atomic E-state index is 12.0. The van der Waals surface area contributed by atoms with Crippen molar-refractivity contribution in [3.63, 3.8) is 0 Å². The minimum atomic E-state index is -0.457. The van der Waals surface area contributed by atoms with Crippen LogP contribution in [-0.2, 0) is 4.74 Å². The molecule has 4 heteroatoms. The number of benzene rings is 2. The molecule has 3 nitrogen and oxygen atoms in total. The van der Waals surface area contributed by atoms with Crippen molar-refractivity contribution in [1.82, 2.24) is 0 Å². The number of hydrogen-bond acceptors (Lipinski definition) is 3. The van der Waals surface area contributed by atoms with Gasteiger partial charge in [0.1, 0.15) is 6.10 Å². The average molecular weight is 276 g/mol. The number of anilines is 1. The highest BCUT2D eigenvalue weighted by Crippen LogP contribution is 2.23. The first-order valence-electron chi connectivity index (χ1n) is 5.89. The van der Waals surface area contributed by atoms with E-state index < -0.39 is 5.97 Å². The molecule has 0 aliphatic rings. The van der Waals surface area contributed by atoms with E-state index in [1.54, 1.807) is 12.1 Å². The van der Waals surface area contributed by atoms with Gasteiger partial charge in [-0.25, -0.2) is 4.79 Å². The minimum Gasteiger partial charge on any atom is -0.454 e. The van der Waals surface area contributed by atoms with Gasteiger partial charge in [-0.1, -0.05) is 41.9 Å². The number of carbonyl (C=O) groups excluding carboxylic acids is 1. The van der Waals surface area contributed by atoms with E-state index in [1.807, 2.05) is 37.3 Å². The second kappa shape index (κ2) is 5.76. The van der Waals surface area contributed by atoms with E-state index in [9.17, 15) is 4.79 Å². The van der Waals surface area contributed by atoms with Gasteiger partial charge in [-0.05, 0) is 30.7 Å². The Morgan fingerprint density at radius 3 is 2.53 bits per heavy atom. The number of hydrogen-bond donors (Lipinski definition) is 1. The van der Waals surface area contributed by atoms with Crippen LogP contribution >= 0.6 is 11.6 Å². The summed E-state index contributed by atoms with van der Waals surface area (Å²) in [6.07, 6.45) is -0.331. The molecule has 2 rings (SSSR count). The summed E-state index contributed by atoms with van der Waals surface area (Å²) >= 11 is 5.97. The van der Waals surface area contributed by atoms with Crippen molar-refractivity contribution in [3.05, 3.63) is 64.7 Å². The van der Waals surface area contributed by atoms with E-state index in [2.05, 4.69) is 0 Å². The van der Waals surface area contributed by atoms with Crippen LogP contribution in [0.5, 0.6) is 0 Å². The fraction of sp³-hybridized carbons (Fsp3) is 0.133. The average Bonchev–Trinajstić information content (AvgIpc) is 2.39. The van der Waals surface area contributed by atoms with Gasteiger partial charge in [-0.2, -0.15) is 0 Å². The first-order valence-corrected chi connectivity index (χ1v) is 6.26. The van der Waals surface area contributed by atoms with Crippen LogP contribution in [0.15, 0.2) is 48.5 Å². The SMILES string of the molecule is CC(OC(=O)c1ccc(N)cc1Cl)c1ccccc1. The third kappa shape index (κ3) is 3.26. The standard InChI is InChI=1S/C15H14ClNO2/c1-10(11-5-3-2-4-6-11)19-15(18)13-8-7-12(17)9-14(13)16/h2-10H,17H2,1H3. The van der Waals surface area contributed by atoms with Crippen LogP contribution in [-0.4, -0.2) is 5.97 Å². The lowest BCUT2D eigenvalue weighted by Gasteiger charge is -2.14. The normalized spacial score (nSPS) is 11.9. The second-order valence-corrected chi connectivity index (χ2v) is 4.60. The zero-order valence-electron chi connectivity index (χ0n) is 10.5. The molecule has 0 saturated heterocycles. The Bertz CT molecular complexity index is 584. The van der Waals surface area contributed by atoms with Crippen LogP contribution in [0.25, 0.3) is 0 Å². The van der Waals surface area contributed by atoms with Gasteiger partial charge in [0.05, 0.1) is 10.6 Å². The van der Waals surface area contributed by atoms with Crippen molar-refractivity contribution in [2.24, 2.45) is 0 Å². The van der Waals surface area contributed by atoms with Crippen molar-refractivity contribution in [2.45, 2.75) is 13.0 Å². The molecule has 0 fully saturated rings. The van der Waals surface area contributed by atoms with E-state index in [-0.39, 0.29) is 6.10 Å². The topological polar surface area (TPSA) is 52.3 Å². The van der Waals surface area contributed by atoms with Crippen molar-refractivity contribution < 1.29 is 9.53 Å². The molecular weight excluding hydrogens is 262 g/mol. The molecule has 0 spiro atoms. The minimum absolute atomic E-state index is 0.297. The van der Waals surface area contributed by atoms with Gasteiger partial charge in [0, 0.05) is 5.69 Å². The summed E-state index contributed by atoms with van der Waals surface area (Å²) in [7, 11) is 0. The molecule has 0 amide bonds. The largest absolute Gasteiger partial charge is 0.454 e. The summed E-state index contributed by atoms with van der Waals surface area (Å²) in [4.78, 5) is 12.0. The lowest BCUT2D eigenvalue weighted by atomic mass is 10.1. The summed E-state index contributed by atoms with van der Waals surface area (Å²) in [5.74, 6) is -0.457. The highest BCUT2D eigenvalue weighted by Gasteiger charge is 2.16. The Morgan fingerprint density at radius 1 is 1.21 bits per heavy atom. The van der Waals surface area contributed by atoms with Gasteiger partial charge in [0.2, 0.25) is 0 Å². The summed E-state index contributed by atoms with van der Waals surface area (Å²) < 4.78 is 5.38. The number of nitrogen functional groups attached to an aromatic ring is 1. The molecule has 19 heavy (non-hydrogen) atoms. The molecule has 2 aromatic rings. The highest BCUT2D eigenvalue weighted by atomic mass is 35.5. The Balaban J connectivity index is 2.13. The van der Waals surface area contributed by atoms with E-state index in [0.717, 1.165) is 5.56 Å². The maximum absolute atomic E-state index is 12.0.